The Bertz CT molecular complexity index is 542. The first-order valence-corrected chi connectivity index (χ1v) is 7.33. The molecule has 1 fully saturated rings. The van der Waals surface area contributed by atoms with E-state index in [4.69, 9.17) is 5.11 Å². The summed E-state index contributed by atoms with van der Waals surface area (Å²) in [6, 6.07) is 3.47. The van der Waals surface area contributed by atoms with Gasteiger partial charge in [-0.3, -0.25) is 4.79 Å². The highest BCUT2D eigenvalue weighted by atomic mass is 79.9. The summed E-state index contributed by atoms with van der Waals surface area (Å²) in [7, 11) is 0. The molecule has 0 bridgehead atoms. The molecule has 21 heavy (non-hydrogen) atoms. The molecular weight excluding hydrogens is 351 g/mol. The summed E-state index contributed by atoms with van der Waals surface area (Å²) < 4.78 is 39.2. The molecule has 0 spiro atoms. The minimum absolute atomic E-state index is 0.0158. The molecule has 7 heteroatoms. The number of aliphatic hydroxyl groups excluding tert-OH is 1. The van der Waals surface area contributed by atoms with Gasteiger partial charge in [0.1, 0.15) is 0 Å². The first-order chi connectivity index (χ1) is 9.77. The highest BCUT2D eigenvalue weighted by Crippen LogP contribution is 2.48. The number of rotatable bonds is 5. The second kappa shape index (κ2) is 5.96. The molecular formula is C14H15BrF3NO2. The number of benzene rings is 1. The van der Waals surface area contributed by atoms with Gasteiger partial charge in [-0.1, -0.05) is 15.9 Å². The Morgan fingerprint density at radius 2 is 2.05 bits per heavy atom. The van der Waals surface area contributed by atoms with E-state index in [9.17, 15) is 18.0 Å². The Balaban J connectivity index is 2.12. The fourth-order valence-electron chi connectivity index (χ4n) is 2.24. The van der Waals surface area contributed by atoms with Gasteiger partial charge in [0.05, 0.1) is 11.1 Å². The molecule has 1 saturated carbocycles. The van der Waals surface area contributed by atoms with Gasteiger partial charge >= 0.3 is 6.18 Å². The first kappa shape index (κ1) is 16.3. The number of amides is 1. The number of hydrogen-bond acceptors (Lipinski definition) is 2. The van der Waals surface area contributed by atoms with Crippen molar-refractivity contribution in [1.82, 2.24) is 5.32 Å². The fraction of sp³-hybridized carbons (Fsp3) is 0.500. The fourth-order valence-corrected chi connectivity index (χ4v) is 2.60. The number of aliphatic hydroxyl groups is 1. The van der Waals surface area contributed by atoms with Gasteiger partial charge in [0.25, 0.3) is 5.91 Å². The van der Waals surface area contributed by atoms with Crippen molar-refractivity contribution in [3.63, 3.8) is 0 Å². The zero-order valence-electron chi connectivity index (χ0n) is 11.1. The van der Waals surface area contributed by atoms with Crippen molar-refractivity contribution >= 4 is 21.8 Å². The van der Waals surface area contributed by atoms with Crippen molar-refractivity contribution in [3.8, 4) is 0 Å². The molecule has 0 aliphatic heterocycles. The molecule has 1 aromatic carbocycles. The smallest absolute Gasteiger partial charge is 0.396 e. The minimum atomic E-state index is -4.58. The van der Waals surface area contributed by atoms with Crippen LogP contribution in [0.1, 0.15) is 35.2 Å². The Labute approximate surface area is 128 Å². The number of alkyl halides is 3. The van der Waals surface area contributed by atoms with Gasteiger partial charge in [0.15, 0.2) is 0 Å². The van der Waals surface area contributed by atoms with E-state index in [2.05, 4.69) is 21.2 Å². The summed E-state index contributed by atoms with van der Waals surface area (Å²) in [5.41, 5.74) is -1.48. The number of nitrogens with one attached hydrogen (secondary N) is 1. The van der Waals surface area contributed by atoms with Crippen LogP contribution in [0.25, 0.3) is 0 Å². The van der Waals surface area contributed by atoms with Crippen LogP contribution in [0.15, 0.2) is 22.7 Å². The third kappa shape index (κ3) is 3.97. The van der Waals surface area contributed by atoms with Gasteiger partial charge < -0.3 is 10.4 Å². The van der Waals surface area contributed by atoms with Crippen LogP contribution in [-0.4, -0.2) is 24.2 Å². The van der Waals surface area contributed by atoms with E-state index in [1.54, 1.807) is 0 Å². The Morgan fingerprint density at radius 1 is 1.38 bits per heavy atom. The molecule has 0 heterocycles. The van der Waals surface area contributed by atoms with E-state index in [1.807, 2.05) is 0 Å². The average molecular weight is 366 g/mol. The van der Waals surface area contributed by atoms with Crippen LogP contribution < -0.4 is 5.32 Å². The molecule has 116 valence electrons. The quantitative estimate of drug-likeness (QED) is 0.840. The van der Waals surface area contributed by atoms with E-state index in [0.717, 1.165) is 25.0 Å². The van der Waals surface area contributed by atoms with Crippen molar-refractivity contribution in [2.24, 2.45) is 5.41 Å². The maximum atomic E-state index is 13.0. The van der Waals surface area contributed by atoms with Gasteiger partial charge in [-0.15, -0.1) is 0 Å². The predicted octanol–water partition coefficient (Wildman–Crippen LogP) is 3.36. The summed E-state index contributed by atoms with van der Waals surface area (Å²) in [5, 5.41) is 11.5. The van der Waals surface area contributed by atoms with Crippen LogP contribution in [0, 0.1) is 5.41 Å². The van der Waals surface area contributed by atoms with Gasteiger partial charge in [0.2, 0.25) is 0 Å². The topological polar surface area (TPSA) is 49.3 Å². The lowest BCUT2D eigenvalue weighted by Crippen LogP contribution is -2.32. The lowest BCUT2D eigenvalue weighted by Gasteiger charge is -2.17. The van der Waals surface area contributed by atoms with Crippen LogP contribution in [0.3, 0.4) is 0 Å². The van der Waals surface area contributed by atoms with E-state index < -0.39 is 17.6 Å². The Hall–Kier alpha value is -1.08. The largest absolute Gasteiger partial charge is 0.417 e. The predicted molar refractivity (Wildman–Crippen MR) is 74.8 cm³/mol. The van der Waals surface area contributed by atoms with Gasteiger partial charge in [-0.05, 0) is 42.9 Å². The maximum absolute atomic E-state index is 13.0. The molecule has 1 amide bonds. The third-order valence-electron chi connectivity index (χ3n) is 3.75. The second-order valence-corrected chi connectivity index (χ2v) is 6.26. The van der Waals surface area contributed by atoms with Crippen molar-refractivity contribution in [2.45, 2.75) is 25.4 Å². The molecule has 1 aliphatic rings. The SMILES string of the molecule is O=C(NCC1(CCO)CC1)c1ccc(Br)cc1C(F)(F)F. The first-order valence-electron chi connectivity index (χ1n) is 6.53. The molecule has 0 atom stereocenters. The zero-order valence-corrected chi connectivity index (χ0v) is 12.7. The summed E-state index contributed by atoms with van der Waals surface area (Å²) >= 11 is 2.98. The molecule has 1 aromatic rings. The zero-order chi connectivity index (χ0) is 15.7. The molecule has 1 aliphatic carbocycles. The lowest BCUT2D eigenvalue weighted by atomic mass is 10.0. The molecule has 0 unspecified atom stereocenters. The molecule has 3 nitrogen and oxygen atoms in total. The molecule has 2 N–H and O–H groups in total. The van der Waals surface area contributed by atoms with Crippen molar-refractivity contribution in [3.05, 3.63) is 33.8 Å². The van der Waals surface area contributed by atoms with Crippen molar-refractivity contribution in [1.29, 1.82) is 0 Å². The number of carbonyl (C=O) groups is 1. The van der Waals surface area contributed by atoms with Crippen molar-refractivity contribution in [2.75, 3.05) is 13.2 Å². The highest BCUT2D eigenvalue weighted by molar-refractivity contribution is 9.10. The van der Waals surface area contributed by atoms with Crippen LogP contribution in [-0.2, 0) is 6.18 Å². The number of hydrogen-bond donors (Lipinski definition) is 2. The average Bonchev–Trinajstić information content (AvgIpc) is 3.16. The van der Waals surface area contributed by atoms with Crippen molar-refractivity contribution < 1.29 is 23.1 Å². The maximum Gasteiger partial charge on any atom is 0.417 e. The highest BCUT2D eigenvalue weighted by Gasteiger charge is 2.42. The molecule has 2 rings (SSSR count). The summed E-state index contributed by atoms with van der Waals surface area (Å²) in [4.78, 5) is 12.0. The van der Waals surface area contributed by atoms with E-state index in [1.165, 1.54) is 6.07 Å². The summed E-state index contributed by atoms with van der Waals surface area (Å²) in [5.74, 6) is -0.737. The Morgan fingerprint density at radius 3 is 2.57 bits per heavy atom. The third-order valence-corrected chi connectivity index (χ3v) is 4.25. The van der Waals surface area contributed by atoms with Gasteiger partial charge in [0, 0.05) is 17.6 Å². The van der Waals surface area contributed by atoms with Gasteiger partial charge in [-0.25, -0.2) is 0 Å². The molecule has 0 radical (unpaired) electrons. The molecule has 0 aromatic heterocycles. The van der Waals surface area contributed by atoms with Gasteiger partial charge in [-0.2, -0.15) is 13.2 Å². The summed E-state index contributed by atoms with van der Waals surface area (Å²) in [6.07, 6.45) is -2.28. The van der Waals surface area contributed by atoms with E-state index in [0.29, 0.717) is 13.0 Å². The van der Waals surface area contributed by atoms with Crippen LogP contribution in [0.4, 0.5) is 13.2 Å². The van der Waals surface area contributed by atoms with Crippen LogP contribution in [0.2, 0.25) is 0 Å². The lowest BCUT2D eigenvalue weighted by molar-refractivity contribution is -0.138. The molecule has 0 saturated heterocycles. The standard InChI is InChI=1S/C14H15BrF3NO2/c15-9-1-2-10(11(7-9)14(16,17)18)12(21)19-8-13(3-4-13)5-6-20/h1-2,7,20H,3-6,8H2,(H,19,21). The summed E-state index contributed by atoms with van der Waals surface area (Å²) in [6.45, 7) is 0.307. The number of carbonyl (C=O) groups excluding carboxylic acids is 1. The minimum Gasteiger partial charge on any atom is -0.396 e. The van der Waals surface area contributed by atoms with E-state index in [-0.39, 0.29) is 22.1 Å². The monoisotopic (exact) mass is 365 g/mol. The normalized spacial score (nSPS) is 16.6. The Kier molecular flexibility index (Phi) is 4.63. The van der Waals surface area contributed by atoms with E-state index >= 15 is 0 Å². The number of halogens is 4. The van der Waals surface area contributed by atoms with Crippen LogP contribution >= 0.6 is 15.9 Å². The second-order valence-electron chi connectivity index (χ2n) is 5.34. The van der Waals surface area contributed by atoms with Crippen LogP contribution in [0.5, 0.6) is 0 Å².